The average molecular weight is 776 g/mol. The zero-order chi connectivity index (χ0) is 39.9. The summed E-state index contributed by atoms with van der Waals surface area (Å²) in [5.74, 6) is -2.36. The Hall–Kier alpha value is -2.94. The second-order valence-electron chi connectivity index (χ2n) is 19.8. The number of piperidine rings is 1. The summed E-state index contributed by atoms with van der Waals surface area (Å²) < 4.78 is 26.2. The van der Waals surface area contributed by atoms with E-state index in [0.717, 1.165) is 38.5 Å². The minimum absolute atomic E-state index is 0.0194. The van der Waals surface area contributed by atoms with Crippen molar-refractivity contribution in [3.8, 4) is 0 Å². The minimum atomic E-state index is -3.49. The largest absolute Gasteiger partial charge is 0.332 e. The number of carbonyl (C=O) groups is 5. The van der Waals surface area contributed by atoms with E-state index in [2.05, 4.69) is 32.6 Å². The van der Waals surface area contributed by atoms with Crippen molar-refractivity contribution in [3.63, 3.8) is 0 Å². The molecule has 9 heteroatoms. The molecular weight excluding hydrogens is 711 g/mol. The maximum atomic E-state index is 15.1. The lowest BCUT2D eigenvalue weighted by Crippen LogP contribution is -2.50. The summed E-state index contributed by atoms with van der Waals surface area (Å²) in [7, 11) is -3.49. The van der Waals surface area contributed by atoms with Crippen molar-refractivity contribution in [2.24, 2.45) is 46.3 Å². The van der Waals surface area contributed by atoms with E-state index in [4.69, 9.17) is 0 Å². The summed E-state index contributed by atoms with van der Waals surface area (Å²) in [6.45, 7) is 13.6. The van der Waals surface area contributed by atoms with Crippen LogP contribution in [0.4, 0.5) is 0 Å². The van der Waals surface area contributed by atoms with Crippen molar-refractivity contribution in [2.75, 3.05) is 12.3 Å². The monoisotopic (exact) mass is 775 g/mol. The average Bonchev–Trinajstić information content (AvgIpc) is 3.46. The molecule has 1 saturated heterocycles. The fourth-order valence-electron chi connectivity index (χ4n) is 10.8. The standard InChI is InChI=1S/C46H65NO7S/c1-7-8-19-38(49)42(51)34(22-30-15-14-16-30)25-39(50)41-40-37(45(40,5)6)28-47(41)43(52)36(33-23-31-17-10-11-18-32(31)24-33)26-35(48)27-46(20-12-9-13-21-46)29-55(53,54)44(2,3)4/h7,10-11,17-18,30,33-34,36-37,40-41H,1,8-9,12-16,19-29H2,2-6H3/t34?,36-,37?,40-,41+/m0/s1. The number of carbonyl (C=O) groups excluding carboxylic acids is 5. The normalized spacial score (nSPS) is 25.6. The van der Waals surface area contributed by atoms with E-state index < -0.39 is 49.4 Å². The highest BCUT2D eigenvalue weighted by atomic mass is 32.2. The number of fused-ring (bicyclic) bond motifs is 2. The van der Waals surface area contributed by atoms with Crippen LogP contribution in [0.5, 0.6) is 0 Å². The molecule has 1 aromatic rings. The molecule has 3 saturated carbocycles. The molecule has 1 aliphatic heterocycles. The highest BCUT2D eigenvalue weighted by Crippen LogP contribution is 2.65. The van der Waals surface area contributed by atoms with Crippen molar-refractivity contribution in [2.45, 2.75) is 148 Å². The lowest BCUT2D eigenvalue weighted by atomic mass is 9.71. The molecule has 1 heterocycles. The fraction of sp³-hybridized carbons (Fsp3) is 0.717. The Morgan fingerprint density at radius 1 is 0.945 bits per heavy atom. The van der Waals surface area contributed by atoms with Gasteiger partial charge >= 0.3 is 0 Å². The van der Waals surface area contributed by atoms with Crippen LogP contribution in [0.3, 0.4) is 0 Å². The van der Waals surface area contributed by atoms with Gasteiger partial charge in [0.15, 0.2) is 21.4 Å². The predicted molar refractivity (Wildman–Crippen MR) is 215 cm³/mol. The SMILES string of the molecule is C=CCCC(=O)C(=O)C(CC(=O)[C@@H]1[C@@H]2C(CN1C(=O)[C@@H](CC(=O)CC1(CS(=O)(=O)C(C)(C)C)CCCCC1)C1Cc3ccccc3C1)C2(C)C)CC1CCC1. The molecule has 5 atom stereocenters. The molecule has 55 heavy (non-hydrogen) atoms. The van der Waals surface area contributed by atoms with Gasteiger partial charge in [0.05, 0.1) is 16.5 Å². The van der Waals surface area contributed by atoms with Crippen LogP contribution in [0, 0.1) is 46.3 Å². The van der Waals surface area contributed by atoms with Crippen LogP contribution in [0.1, 0.15) is 136 Å². The molecule has 302 valence electrons. The molecule has 0 bridgehead atoms. The quantitative estimate of drug-likeness (QED) is 0.110. The molecular formula is C46H65NO7S. The van der Waals surface area contributed by atoms with Gasteiger partial charge in [0.25, 0.3) is 0 Å². The molecule has 5 aliphatic rings. The Morgan fingerprint density at radius 3 is 2.15 bits per heavy atom. The van der Waals surface area contributed by atoms with Crippen LogP contribution in [0.25, 0.3) is 0 Å². The predicted octanol–water partition coefficient (Wildman–Crippen LogP) is 7.88. The molecule has 4 aliphatic carbocycles. The van der Waals surface area contributed by atoms with Crippen molar-refractivity contribution >= 4 is 38.9 Å². The Labute approximate surface area is 330 Å². The number of ketones is 4. The second-order valence-corrected chi connectivity index (χ2v) is 22.5. The first kappa shape index (κ1) is 41.7. The number of nitrogens with zero attached hydrogens (tertiary/aromatic N) is 1. The fourth-order valence-corrected chi connectivity index (χ4v) is 12.4. The number of hydrogen-bond acceptors (Lipinski definition) is 7. The zero-order valence-corrected chi connectivity index (χ0v) is 34.9. The molecule has 0 aromatic heterocycles. The molecule has 1 amide bonds. The Bertz CT molecular complexity index is 1750. The van der Waals surface area contributed by atoms with Crippen molar-refractivity contribution < 1.29 is 32.4 Å². The lowest BCUT2D eigenvalue weighted by Gasteiger charge is -2.39. The van der Waals surface area contributed by atoms with E-state index >= 15 is 4.79 Å². The molecule has 4 fully saturated rings. The van der Waals surface area contributed by atoms with E-state index in [1.54, 1.807) is 31.7 Å². The molecule has 1 aromatic carbocycles. The summed E-state index contributed by atoms with van der Waals surface area (Å²) in [4.78, 5) is 72.4. The van der Waals surface area contributed by atoms with E-state index in [1.165, 1.54) is 11.1 Å². The number of allylic oxidation sites excluding steroid dienone is 1. The van der Waals surface area contributed by atoms with Gasteiger partial charge in [-0.15, -0.1) is 6.58 Å². The van der Waals surface area contributed by atoms with E-state index in [9.17, 15) is 27.6 Å². The summed E-state index contributed by atoms with van der Waals surface area (Å²) >= 11 is 0. The number of sulfone groups is 1. The number of amides is 1. The van der Waals surface area contributed by atoms with E-state index in [-0.39, 0.29) is 72.1 Å². The summed E-state index contributed by atoms with van der Waals surface area (Å²) in [6, 6.07) is 7.47. The van der Waals surface area contributed by atoms with Gasteiger partial charge in [0.2, 0.25) is 11.7 Å². The molecule has 8 nitrogen and oxygen atoms in total. The number of hydrogen-bond donors (Lipinski definition) is 0. The van der Waals surface area contributed by atoms with Crippen molar-refractivity contribution in [1.82, 2.24) is 4.90 Å². The minimum Gasteiger partial charge on any atom is -0.332 e. The number of benzene rings is 1. The van der Waals surface area contributed by atoms with Gasteiger partial charge < -0.3 is 4.90 Å². The maximum Gasteiger partial charge on any atom is 0.227 e. The van der Waals surface area contributed by atoms with Gasteiger partial charge in [0.1, 0.15) is 5.78 Å². The first-order valence-corrected chi connectivity index (χ1v) is 22.8. The second kappa shape index (κ2) is 16.1. The van der Waals surface area contributed by atoms with Gasteiger partial charge in [-0.3, -0.25) is 24.0 Å². The number of Topliss-reactive ketones (excluding diaryl/α,β-unsaturated/α-hetero) is 4. The molecule has 0 N–H and O–H groups in total. The third-order valence-corrected chi connectivity index (χ3v) is 17.5. The van der Waals surface area contributed by atoms with Gasteiger partial charge in [-0.05, 0) is 105 Å². The molecule has 0 spiro atoms. The molecule has 0 radical (unpaired) electrons. The maximum absolute atomic E-state index is 15.1. The highest BCUT2D eigenvalue weighted by Gasteiger charge is 2.69. The van der Waals surface area contributed by atoms with Crippen LogP contribution in [-0.2, 0) is 46.7 Å². The number of likely N-dealkylation sites (tertiary alicyclic amines) is 1. The van der Waals surface area contributed by atoms with Crippen LogP contribution >= 0.6 is 0 Å². The third kappa shape index (κ3) is 8.82. The van der Waals surface area contributed by atoms with Crippen LogP contribution in [0.2, 0.25) is 0 Å². The van der Waals surface area contributed by atoms with Crippen LogP contribution < -0.4 is 0 Å². The summed E-state index contributed by atoms with van der Waals surface area (Å²) in [6.07, 6.45) is 11.3. The number of rotatable bonds is 18. The van der Waals surface area contributed by atoms with E-state index in [0.29, 0.717) is 51.0 Å². The Kier molecular flexibility index (Phi) is 12.2. The van der Waals surface area contributed by atoms with Gasteiger partial charge in [0, 0.05) is 44.1 Å². The van der Waals surface area contributed by atoms with E-state index in [1.807, 2.05) is 12.1 Å². The Morgan fingerprint density at radius 2 is 1.58 bits per heavy atom. The lowest BCUT2D eigenvalue weighted by molar-refractivity contribution is -0.147. The summed E-state index contributed by atoms with van der Waals surface area (Å²) in [5, 5.41) is 0. The third-order valence-electron chi connectivity index (χ3n) is 14.7. The van der Waals surface area contributed by atoms with Crippen LogP contribution in [-0.4, -0.2) is 65.4 Å². The van der Waals surface area contributed by atoms with Crippen molar-refractivity contribution in [3.05, 3.63) is 48.0 Å². The highest BCUT2D eigenvalue weighted by molar-refractivity contribution is 7.92. The van der Waals surface area contributed by atoms with Crippen molar-refractivity contribution in [1.29, 1.82) is 0 Å². The zero-order valence-electron chi connectivity index (χ0n) is 34.1. The molecule has 2 unspecified atom stereocenters. The Balaban J connectivity index is 1.26. The topological polar surface area (TPSA) is 123 Å². The van der Waals surface area contributed by atoms with Gasteiger partial charge in [-0.2, -0.15) is 0 Å². The first-order valence-electron chi connectivity index (χ1n) is 21.2. The van der Waals surface area contributed by atoms with Gasteiger partial charge in [-0.25, -0.2) is 8.42 Å². The van der Waals surface area contributed by atoms with Gasteiger partial charge in [-0.1, -0.05) is 82.7 Å². The first-order chi connectivity index (χ1) is 25.9. The van der Waals surface area contributed by atoms with Crippen LogP contribution in [0.15, 0.2) is 36.9 Å². The smallest absolute Gasteiger partial charge is 0.227 e. The molecule has 6 rings (SSSR count). The summed E-state index contributed by atoms with van der Waals surface area (Å²) in [5.41, 5.74) is 1.57.